The Kier molecular flexibility index (Phi) is 5.56. The van der Waals surface area contributed by atoms with Crippen LogP contribution < -0.4 is 10.1 Å². The highest BCUT2D eigenvalue weighted by Crippen LogP contribution is 2.28. The molecule has 1 aromatic heterocycles. The van der Waals surface area contributed by atoms with Crippen LogP contribution in [0.15, 0.2) is 29.6 Å². The van der Waals surface area contributed by atoms with E-state index in [1.165, 1.54) is 0 Å². The Morgan fingerprint density at radius 1 is 1.35 bits per heavy atom. The lowest BCUT2D eigenvalue weighted by Gasteiger charge is -2.08. The predicted molar refractivity (Wildman–Crippen MR) is 85.4 cm³/mol. The maximum atomic E-state index is 5.67. The molecule has 0 amide bonds. The van der Waals surface area contributed by atoms with Crippen molar-refractivity contribution in [1.29, 1.82) is 0 Å². The third-order valence-electron chi connectivity index (χ3n) is 3.03. The number of benzene rings is 1. The molecular weight excluding hydrogens is 268 g/mol. The smallest absolute Gasteiger partial charge is 0.123 e. The van der Waals surface area contributed by atoms with Crippen LogP contribution in [0, 0.1) is 0 Å². The van der Waals surface area contributed by atoms with E-state index in [1.807, 2.05) is 12.1 Å². The van der Waals surface area contributed by atoms with Crippen molar-refractivity contribution in [2.75, 3.05) is 13.2 Å². The van der Waals surface area contributed by atoms with E-state index < -0.39 is 0 Å². The molecule has 2 aromatic rings. The van der Waals surface area contributed by atoms with E-state index in [1.54, 1.807) is 11.3 Å². The Balaban J connectivity index is 2.15. The van der Waals surface area contributed by atoms with Gasteiger partial charge in [0.2, 0.25) is 0 Å². The van der Waals surface area contributed by atoms with E-state index in [4.69, 9.17) is 9.72 Å². The second-order valence-electron chi connectivity index (χ2n) is 4.73. The number of ether oxygens (including phenoxy) is 1. The van der Waals surface area contributed by atoms with Gasteiger partial charge in [0.1, 0.15) is 10.8 Å². The van der Waals surface area contributed by atoms with Crippen molar-refractivity contribution in [2.45, 2.75) is 33.2 Å². The van der Waals surface area contributed by atoms with Gasteiger partial charge < -0.3 is 10.1 Å². The van der Waals surface area contributed by atoms with Crippen molar-refractivity contribution in [3.8, 4) is 16.3 Å². The van der Waals surface area contributed by atoms with Gasteiger partial charge in [-0.3, -0.25) is 0 Å². The first kappa shape index (κ1) is 15.0. The zero-order chi connectivity index (χ0) is 14.4. The average molecular weight is 290 g/mol. The van der Waals surface area contributed by atoms with Crippen molar-refractivity contribution in [3.63, 3.8) is 0 Å². The summed E-state index contributed by atoms with van der Waals surface area (Å²) in [7, 11) is 0. The number of rotatable bonds is 7. The van der Waals surface area contributed by atoms with Gasteiger partial charge in [-0.15, -0.1) is 11.3 Å². The normalized spacial score (nSPS) is 12.3. The van der Waals surface area contributed by atoms with Gasteiger partial charge in [-0.25, -0.2) is 4.98 Å². The third kappa shape index (κ3) is 3.81. The van der Waals surface area contributed by atoms with Crippen molar-refractivity contribution < 1.29 is 4.74 Å². The van der Waals surface area contributed by atoms with Gasteiger partial charge in [0.05, 0.1) is 12.3 Å². The number of nitrogens with zero attached hydrogens (tertiary/aromatic N) is 1. The summed E-state index contributed by atoms with van der Waals surface area (Å²) in [6.45, 7) is 8.07. The monoisotopic (exact) mass is 290 g/mol. The molecule has 0 aliphatic heterocycles. The number of aromatic nitrogens is 1. The fourth-order valence-electron chi connectivity index (χ4n) is 1.97. The highest BCUT2D eigenvalue weighted by atomic mass is 32.1. The van der Waals surface area contributed by atoms with Gasteiger partial charge in [0, 0.05) is 17.0 Å². The van der Waals surface area contributed by atoms with Gasteiger partial charge in [-0.1, -0.05) is 26.0 Å². The molecule has 0 radical (unpaired) electrons. The Bertz CT molecular complexity index is 539. The molecule has 0 aliphatic carbocycles. The van der Waals surface area contributed by atoms with Crippen LogP contribution in [0.2, 0.25) is 0 Å². The summed E-state index contributed by atoms with van der Waals surface area (Å²) in [6.07, 6.45) is 1.02. The van der Waals surface area contributed by atoms with E-state index in [0.29, 0.717) is 6.04 Å². The number of nitrogens with one attached hydrogen (secondary N) is 1. The molecule has 1 N–H and O–H groups in total. The van der Waals surface area contributed by atoms with Crippen LogP contribution in [-0.4, -0.2) is 18.1 Å². The standard InChI is InChI=1S/C16H22N2OS/c1-4-9-19-14-8-6-7-13(10-14)16-18-15(11-20-16)12(3)17-5-2/h6-8,10-12,17H,4-5,9H2,1-3H3. The van der Waals surface area contributed by atoms with Crippen LogP contribution in [0.5, 0.6) is 5.75 Å². The Hall–Kier alpha value is -1.39. The topological polar surface area (TPSA) is 34.1 Å². The molecule has 0 saturated carbocycles. The van der Waals surface area contributed by atoms with Crippen molar-refractivity contribution in [3.05, 3.63) is 35.3 Å². The van der Waals surface area contributed by atoms with Crippen molar-refractivity contribution in [2.24, 2.45) is 0 Å². The first-order valence-electron chi connectivity index (χ1n) is 7.16. The molecule has 1 unspecified atom stereocenters. The summed E-state index contributed by atoms with van der Waals surface area (Å²) in [5, 5.41) is 6.56. The number of hydrogen-bond acceptors (Lipinski definition) is 4. The molecule has 2 rings (SSSR count). The molecule has 4 heteroatoms. The van der Waals surface area contributed by atoms with Crippen LogP contribution in [0.1, 0.15) is 38.9 Å². The second kappa shape index (κ2) is 7.41. The maximum Gasteiger partial charge on any atom is 0.123 e. The van der Waals surface area contributed by atoms with E-state index in [2.05, 4.69) is 43.6 Å². The summed E-state index contributed by atoms with van der Waals surface area (Å²) in [4.78, 5) is 4.72. The van der Waals surface area contributed by atoms with Gasteiger partial charge in [0.15, 0.2) is 0 Å². The van der Waals surface area contributed by atoms with Crippen LogP contribution >= 0.6 is 11.3 Å². The summed E-state index contributed by atoms with van der Waals surface area (Å²) in [5.74, 6) is 0.917. The Labute approximate surface area is 125 Å². The molecule has 1 aromatic carbocycles. The lowest BCUT2D eigenvalue weighted by molar-refractivity contribution is 0.317. The molecule has 0 spiro atoms. The molecule has 3 nitrogen and oxygen atoms in total. The second-order valence-corrected chi connectivity index (χ2v) is 5.59. The minimum Gasteiger partial charge on any atom is -0.494 e. The van der Waals surface area contributed by atoms with Gasteiger partial charge in [0.25, 0.3) is 0 Å². The van der Waals surface area contributed by atoms with Crippen LogP contribution in [0.3, 0.4) is 0 Å². The molecule has 0 bridgehead atoms. The summed E-state index contributed by atoms with van der Waals surface area (Å²) in [5.41, 5.74) is 2.23. The molecule has 1 atom stereocenters. The first-order valence-corrected chi connectivity index (χ1v) is 8.04. The van der Waals surface area contributed by atoms with E-state index in [-0.39, 0.29) is 0 Å². The maximum absolute atomic E-state index is 5.67. The van der Waals surface area contributed by atoms with Gasteiger partial charge in [-0.05, 0) is 32.0 Å². The van der Waals surface area contributed by atoms with E-state index in [0.717, 1.165) is 41.6 Å². The fraction of sp³-hybridized carbons (Fsp3) is 0.438. The molecule has 20 heavy (non-hydrogen) atoms. The van der Waals surface area contributed by atoms with E-state index >= 15 is 0 Å². The zero-order valence-electron chi connectivity index (χ0n) is 12.3. The fourth-order valence-corrected chi connectivity index (χ4v) is 2.88. The number of thiazole rings is 1. The molecular formula is C16H22N2OS. The molecule has 0 saturated heterocycles. The van der Waals surface area contributed by atoms with Crippen LogP contribution in [0.25, 0.3) is 10.6 Å². The lowest BCUT2D eigenvalue weighted by Crippen LogP contribution is -2.17. The highest BCUT2D eigenvalue weighted by Gasteiger charge is 2.10. The molecule has 1 heterocycles. The van der Waals surface area contributed by atoms with Gasteiger partial charge in [-0.2, -0.15) is 0 Å². The molecule has 0 fully saturated rings. The third-order valence-corrected chi connectivity index (χ3v) is 3.94. The zero-order valence-corrected chi connectivity index (χ0v) is 13.2. The quantitative estimate of drug-likeness (QED) is 0.827. The van der Waals surface area contributed by atoms with Gasteiger partial charge >= 0.3 is 0 Å². The first-order chi connectivity index (χ1) is 9.74. The highest BCUT2D eigenvalue weighted by molar-refractivity contribution is 7.13. The SMILES string of the molecule is CCCOc1cccc(-c2nc(C(C)NCC)cs2)c1. The predicted octanol–water partition coefficient (Wildman–Crippen LogP) is 4.27. The average Bonchev–Trinajstić information content (AvgIpc) is 2.95. The minimum atomic E-state index is 0.296. The Morgan fingerprint density at radius 2 is 2.20 bits per heavy atom. The summed E-state index contributed by atoms with van der Waals surface area (Å²) < 4.78 is 5.67. The van der Waals surface area contributed by atoms with Crippen LogP contribution in [-0.2, 0) is 0 Å². The van der Waals surface area contributed by atoms with Crippen LogP contribution in [0.4, 0.5) is 0 Å². The van der Waals surface area contributed by atoms with E-state index in [9.17, 15) is 0 Å². The minimum absolute atomic E-state index is 0.296. The molecule has 108 valence electrons. The van der Waals surface area contributed by atoms with Crippen molar-refractivity contribution in [1.82, 2.24) is 10.3 Å². The number of hydrogen-bond donors (Lipinski definition) is 1. The Morgan fingerprint density at radius 3 is 2.95 bits per heavy atom. The molecule has 0 aliphatic rings. The summed E-state index contributed by atoms with van der Waals surface area (Å²) >= 11 is 1.68. The van der Waals surface area contributed by atoms with Crippen molar-refractivity contribution >= 4 is 11.3 Å². The summed E-state index contributed by atoms with van der Waals surface area (Å²) in [6, 6.07) is 8.46. The lowest BCUT2D eigenvalue weighted by atomic mass is 10.2. The largest absolute Gasteiger partial charge is 0.494 e.